The molecular weight excluding hydrogens is 371 g/mol. The molecule has 0 rings (SSSR count). The molecule has 0 fully saturated rings. The molecule has 0 spiro atoms. The predicted molar refractivity (Wildman–Crippen MR) is 105 cm³/mol. The van der Waals surface area contributed by atoms with Crippen LogP contribution in [0.25, 0.3) is 0 Å². The van der Waals surface area contributed by atoms with Gasteiger partial charge in [-0.2, -0.15) is 0 Å². The first-order chi connectivity index (χ1) is 8.79. The van der Waals surface area contributed by atoms with E-state index in [0.29, 0.717) is 11.2 Å². The van der Waals surface area contributed by atoms with E-state index in [-0.39, 0.29) is 9.80 Å². The van der Waals surface area contributed by atoms with Crippen molar-refractivity contribution in [1.29, 1.82) is 0 Å². The summed E-state index contributed by atoms with van der Waals surface area (Å²) in [6.07, 6.45) is 2.35. The average molecular weight is 388 g/mol. The minimum atomic E-state index is -2.79. The van der Waals surface area contributed by atoms with Gasteiger partial charge in [-0.3, -0.25) is 9.59 Å². The second-order valence-corrected chi connectivity index (χ2v) is 14.7. The normalized spacial score (nSPS) is 10.1. The molecule has 0 aromatic carbocycles. The summed E-state index contributed by atoms with van der Waals surface area (Å²) >= 11 is 15.5. The highest BCUT2D eigenvalue weighted by atomic mass is 33.5. The molecule has 10 heteroatoms. The fourth-order valence-electron chi connectivity index (χ4n) is 0.680. The first-order valence-electron chi connectivity index (χ1n) is 4.96. The van der Waals surface area contributed by atoms with Crippen LogP contribution in [0.2, 0.25) is 6.55 Å². The van der Waals surface area contributed by atoms with Crippen LogP contribution in [-0.4, -0.2) is 50.3 Å². The van der Waals surface area contributed by atoms with Gasteiger partial charge in [0.1, 0.15) is 0 Å². The fourth-order valence-corrected chi connectivity index (χ4v) is 7.94. The fraction of sp³-hybridized carbons (Fsp3) is 0.300. The first-order valence-corrected chi connectivity index (χ1v) is 13.1. The number of hydrogen-bond donors (Lipinski definition) is 0. The van der Waals surface area contributed by atoms with Gasteiger partial charge in [0.05, 0.1) is 0 Å². The Morgan fingerprint density at radius 1 is 1.25 bits per heavy atom. The van der Waals surface area contributed by atoms with Gasteiger partial charge in [0, 0.05) is 29.3 Å². The van der Waals surface area contributed by atoms with Gasteiger partial charge in [-0.05, 0) is 49.7 Å². The number of hydrogen-bond acceptors (Lipinski definition) is 5. The van der Waals surface area contributed by atoms with Crippen LogP contribution in [0.1, 0.15) is 0 Å². The topological polar surface area (TPSA) is 68.9 Å². The molecule has 0 heterocycles. The van der Waals surface area contributed by atoms with Crippen molar-refractivity contribution < 1.29 is 15.1 Å². The zero-order chi connectivity index (χ0) is 15.7. The largest absolute Gasteiger partial charge is 0.412 e. The lowest BCUT2D eigenvalue weighted by molar-refractivity contribution is 0.566. The van der Waals surface area contributed by atoms with Crippen LogP contribution >= 0.6 is 21.3 Å². The molecular formula is C10H17NO3S5Si. The van der Waals surface area contributed by atoms with Gasteiger partial charge in [-0.1, -0.05) is 18.8 Å². The Morgan fingerprint density at radius 2 is 1.65 bits per heavy atom. The Bertz CT molecular complexity index is 546. The average Bonchev–Trinajstić information content (AvgIpc) is 2.41. The summed E-state index contributed by atoms with van der Waals surface area (Å²) in [6, 6.07) is 0. The maximum absolute atomic E-state index is 11.2. The number of carbonyl (C=O) groups excluding carboxylic acids is 2. The predicted octanol–water partition coefficient (Wildman–Crippen LogP) is -0.820. The first kappa shape index (κ1) is 24.7. The Balaban J connectivity index is -0.000000916. The van der Waals surface area contributed by atoms with Crippen LogP contribution in [0.15, 0.2) is 0 Å². The molecule has 114 valence electrons. The SMILES string of the molecule is C#CC#CS(C=O)(C=O)S(=S)(=S)C(=S)N(C)C.C[SiH3].O. The third kappa shape index (κ3) is 5.58. The summed E-state index contributed by atoms with van der Waals surface area (Å²) < 4.78 is 0.211. The standard InChI is InChI=1S/C9H9NO2S5.CH6Si.H2O/c1-4-5-6-16(7-11,8-12)17(14,15)9(13)10(2)3;1-2;/h1,7-8H,2-3H3;1-2H3;1H2. The third-order valence-electron chi connectivity index (χ3n) is 1.51. The third-order valence-corrected chi connectivity index (χ3v) is 14.5. The molecule has 0 bridgehead atoms. The van der Waals surface area contributed by atoms with Gasteiger partial charge >= 0.3 is 0 Å². The van der Waals surface area contributed by atoms with E-state index in [1.165, 1.54) is 15.1 Å². The molecule has 0 unspecified atom stereocenters. The van der Waals surface area contributed by atoms with Crippen LogP contribution in [0.3, 0.4) is 0 Å². The van der Waals surface area contributed by atoms with Gasteiger partial charge < -0.3 is 10.4 Å². The maximum Gasteiger partial charge on any atom is 0.185 e. The molecule has 0 saturated heterocycles. The highest BCUT2D eigenvalue weighted by molar-refractivity contribution is 9.22. The Kier molecular flexibility index (Phi) is 14.0. The lowest BCUT2D eigenvalue weighted by Gasteiger charge is -2.29. The van der Waals surface area contributed by atoms with Crippen molar-refractivity contribution in [3.63, 3.8) is 0 Å². The summed E-state index contributed by atoms with van der Waals surface area (Å²) in [7, 11) is 1.81. The zero-order valence-electron chi connectivity index (χ0n) is 11.5. The summed E-state index contributed by atoms with van der Waals surface area (Å²) in [5.74, 6) is 4.29. The second-order valence-electron chi connectivity index (χ2n) is 2.83. The summed E-state index contributed by atoms with van der Waals surface area (Å²) in [4.78, 5) is 23.9. The van der Waals surface area contributed by atoms with E-state index in [0.717, 1.165) is 0 Å². The van der Waals surface area contributed by atoms with Crippen LogP contribution < -0.4 is 0 Å². The Morgan fingerprint density at radius 3 is 1.90 bits per heavy atom. The molecule has 4 nitrogen and oxygen atoms in total. The molecule has 0 aromatic rings. The van der Waals surface area contributed by atoms with Gasteiger partial charge in [-0.25, -0.2) is 0 Å². The smallest absolute Gasteiger partial charge is 0.185 e. The van der Waals surface area contributed by atoms with Crippen molar-refractivity contribution in [3.05, 3.63) is 0 Å². The second kappa shape index (κ2) is 11.3. The van der Waals surface area contributed by atoms with Gasteiger partial charge in [0.15, 0.2) is 15.6 Å². The van der Waals surface area contributed by atoms with E-state index in [2.05, 4.69) is 17.7 Å². The summed E-state index contributed by atoms with van der Waals surface area (Å²) in [5, 5.41) is 2.43. The van der Waals surface area contributed by atoms with Crippen molar-refractivity contribution in [2.75, 3.05) is 14.1 Å². The Hall–Kier alpha value is -0.333. The Labute approximate surface area is 139 Å². The molecule has 0 aromatic heterocycles. The monoisotopic (exact) mass is 387 g/mol. The van der Waals surface area contributed by atoms with Crippen LogP contribution in [0.5, 0.6) is 0 Å². The lowest BCUT2D eigenvalue weighted by atomic mass is 10.7. The highest BCUT2D eigenvalue weighted by Crippen LogP contribution is 2.49. The quantitative estimate of drug-likeness (QED) is 0.207. The number of nitrogens with zero attached hydrogens (tertiary/aromatic N) is 1. The van der Waals surface area contributed by atoms with Crippen molar-refractivity contribution in [3.8, 4) is 23.5 Å². The molecule has 0 atom stereocenters. The van der Waals surface area contributed by atoms with Crippen LogP contribution in [0.4, 0.5) is 0 Å². The summed E-state index contributed by atoms with van der Waals surface area (Å²) in [6.45, 7) is 2.14. The molecule has 0 aliphatic rings. The molecule has 0 radical (unpaired) electrons. The lowest BCUT2D eigenvalue weighted by Crippen LogP contribution is -2.30. The van der Waals surface area contributed by atoms with E-state index in [4.69, 9.17) is 41.0 Å². The number of carbonyl (C=O) groups is 2. The number of rotatable bonds is 3. The molecule has 20 heavy (non-hydrogen) atoms. The van der Waals surface area contributed by atoms with Gasteiger partial charge in [-0.15, -0.1) is 6.42 Å². The minimum Gasteiger partial charge on any atom is -0.412 e. The van der Waals surface area contributed by atoms with Crippen molar-refractivity contribution in [2.24, 2.45) is 0 Å². The van der Waals surface area contributed by atoms with Crippen molar-refractivity contribution >= 4 is 75.6 Å². The number of terminal acetylenes is 1. The molecule has 0 amide bonds. The van der Waals surface area contributed by atoms with Gasteiger partial charge in [0.2, 0.25) is 0 Å². The van der Waals surface area contributed by atoms with E-state index in [1.807, 2.05) is 5.92 Å². The zero-order valence-corrected chi connectivity index (χ0v) is 17.6. The number of thiocarbonyl (C=S) groups is 1. The molecule has 0 aliphatic carbocycles. The van der Waals surface area contributed by atoms with Crippen molar-refractivity contribution in [2.45, 2.75) is 6.55 Å². The van der Waals surface area contributed by atoms with E-state index >= 15 is 0 Å². The summed E-state index contributed by atoms with van der Waals surface area (Å²) in [5.41, 5.74) is 0.824. The molecule has 0 saturated carbocycles. The highest BCUT2D eigenvalue weighted by Gasteiger charge is 2.34. The van der Waals surface area contributed by atoms with E-state index < -0.39 is 15.2 Å². The minimum absolute atomic E-state index is 0. The van der Waals surface area contributed by atoms with Crippen LogP contribution in [-0.2, 0) is 38.1 Å². The van der Waals surface area contributed by atoms with Gasteiger partial charge in [0.25, 0.3) is 0 Å². The molecule has 2 N–H and O–H groups in total. The molecule has 0 aliphatic heterocycles. The van der Waals surface area contributed by atoms with Crippen molar-refractivity contribution in [1.82, 2.24) is 4.90 Å². The van der Waals surface area contributed by atoms with E-state index in [9.17, 15) is 9.59 Å². The van der Waals surface area contributed by atoms with Crippen LogP contribution in [0, 0.1) is 23.5 Å². The van der Waals surface area contributed by atoms with E-state index in [1.54, 1.807) is 14.1 Å². The maximum atomic E-state index is 11.2.